The van der Waals surface area contributed by atoms with Gasteiger partial charge in [0.25, 0.3) is 5.91 Å². The van der Waals surface area contributed by atoms with Crippen molar-refractivity contribution in [1.29, 1.82) is 0 Å². The molecule has 0 spiro atoms. The van der Waals surface area contributed by atoms with Gasteiger partial charge in [0.15, 0.2) is 11.4 Å². The molecular formula is C29H25NO5. The number of anilines is 1. The molecule has 2 heterocycles. The van der Waals surface area contributed by atoms with Gasteiger partial charge in [-0.05, 0) is 60.2 Å². The molecule has 0 aliphatic heterocycles. The van der Waals surface area contributed by atoms with Gasteiger partial charge >= 0.3 is 5.63 Å². The molecule has 0 radical (unpaired) electrons. The Bertz CT molecular complexity index is 1610. The maximum Gasteiger partial charge on any atom is 0.364 e. The van der Waals surface area contributed by atoms with E-state index in [9.17, 15) is 14.7 Å². The Hall–Kier alpha value is -4.32. The fraction of sp³-hybridized carbons (Fsp3) is 0.172. The van der Waals surface area contributed by atoms with Crippen molar-refractivity contribution in [1.82, 2.24) is 0 Å². The van der Waals surface area contributed by atoms with Crippen LogP contribution in [0.1, 0.15) is 36.2 Å². The summed E-state index contributed by atoms with van der Waals surface area (Å²) >= 11 is 0. The van der Waals surface area contributed by atoms with E-state index in [1.807, 2.05) is 42.5 Å². The highest BCUT2D eigenvalue weighted by atomic mass is 16.4. The number of nitrogens with one attached hydrogen (secondary N) is 1. The van der Waals surface area contributed by atoms with Crippen LogP contribution in [-0.2, 0) is 6.42 Å². The molecule has 0 bridgehead atoms. The molecule has 2 aromatic heterocycles. The Kier molecular flexibility index (Phi) is 5.87. The van der Waals surface area contributed by atoms with Crippen molar-refractivity contribution in [3.05, 3.63) is 94.5 Å². The number of hydrogen-bond donors (Lipinski definition) is 2. The third kappa shape index (κ3) is 4.43. The van der Waals surface area contributed by atoms with Crippen molar-refractivity contribution in [2.75, 3.05) is 5.32 Å². The van der Waals surface area contributed by atoms with Crippen LogP contribution in [0.25, 0.3) is 33.1 Å². The molecule has 35 heavy (non-hydrogen) atoms. The molecule has 6 heteroatoms. The van der Waals surface area contributed by atoms with E-state index in [0.717, 1.165) is 40.5 Å². The van der Waals surface area contributed by atoms with Crippen LogP contribution < -0.4 is 10.9 Å². The van der Waals surface area contributed by atoms with Crippen LogP contribution in [0, 0.1) is 5.92 Å². The molecule has 2 N–H and O–H groups in total. The minimum Gasteiger partial charge on any atom is -0.505 e. The largest absolute Gasteiger partial charge is 0.505 e. The number of hydrogen-bond acceptors (Lipinski definition) is 5. The van der Waals surface area contributed by atoms with Crippen LogP contribution in [0.15, 0.2) is 86.6 Å². The number of amides is 1. The molecule has 0 aliphatic rings. The molecule has 0 fully saturated rings. The van der Waals surface area contributed by atoms with Crippen LogP contribution in [-0.4, -0.2) is 11.0 Å². The van der Waals surface area contributed by atoms with Crippen molar-refractivity contribution in [2.45, 2.75) is 26.7 Å². The van der Waals surface area contributed by atoms with Gasteiger partial charge in [-0.3, -0.25) is 4.79 Å². The van der Waals surface area contributed by atoms with Crippen molar-refractivity contribution in [3.63, 3.8) is 0 Å². The molecule has 5 aromatic rings. The van der Waals surface area contributed by atoms with E-state index in [4.69, 9.17) is 8.83 Å². The van der Waals surface area contributed by atoms with Gasteiger partial charge in [0, 0.05) is 16.5 Å². The predicted octanol–water partition coefficient (Wildman–Crippen LogP) is 6.75. The van der Waals surface area contributed by atoms with E-state index in [1.54, 1.807) is 30.5 Å². The molecule has 0 saturated carbocycles. The smallest absolute Gasteiger partial charge is 0.364 e. The number of aromatic hydroxyl groups is 1. The number of furan rings is 1. The molecule has 5 rings (SSSR count). The van der Waals surface area contributed by atoms with Crippen LogP contribution >= 0.6 is 0 Å². The highest BCUT2D eigenvalue weighted by molar-refractivity contribution is 6.06. The lowest BCUT2D eigenvalue weighted by Crippen LogP contribution is -2.18. The van der Waals surface area contributed by atoms with Gasteiger partial charge in [-0.1, -0.05) is 50.2 Å². The van der Waals surface area contributed by atoms with Gasteiger partial charge in [0.05, 0.1) is 11.6 Å². The Morgan fingerprint density at radius 2 is 1.80 bits per heavy atom. The van der Waals surface area contributed by atoms with E-state index in [2.05, 4.69) is 19.2 Å². The van der Waals surface area contributed by atoms with Gasteiger partial charge in [0.2, 0.25) is 0 Å². The minimum absolute atomic E-state index is 0.212. The molecule has 1 amide bonds. The van der Waals surface area contributed by atoms with Crippen LogP contribution in [0.2, 0.25) is 0 Å². The number of carbonyl (C=O) groups excluding carboxylic acids is 1. The summed E-state index contributed by atoms with van der Waals surface area (Å²) in [6.45, 7) is 4.30. The first-order valence-electron chi connectivity index (χ1n) is 11.6. The van der Waals surface area contributed by atoms with E-state index >= 15 is 0 Å². The molecule has 0 saturated heterocycles. The highest BCUT2D eigenvalue weighted by Crippen LogP contribution is 2.35. The van der Waals surface area contributed by atoms with Crippen molar-refractivity contribution >= 4 is 33.5 Å². The highest BCUT2D eigenvalue weighted by Gasteiger charge is 2.19. The summed E-state index contributed by atoms with van der Waals surface area (Å²) in [4.78, 5) is 25.6. The fourth-order valence-electron chi connectivity index (χ4n) is 4.17. The van der Waals surface area contributed by atoms with E-state index < -0.39 is 11.5 Å². The molecular weight excluding hydrogens is 442 g/mol. The van der Waals surface area contributed by atoms with Gasteiger partial charge in [-0.2, -0.15) is 0 Å². The normalized spacial score (nSPS) is 11.4. The summed E-state index contributed by atoms with van der Waals surface area (Å²) in [5.41, 5.74) is 2.93. The lowest BCUT2D eigenvalue weighted by molar-refractivity contribution is 0.102. The number of para-hydroxylation sites is 1. The first-order valence-corrected chi connectivity index (χ1v) is 11.6. The molecule has 176 valence electrons. The van der Waals surface area contributed by atoms with E-state index in [0.29, 0.717) is 16.9 Å². The van der Waals surface area contributed by atoms with Crippen molar-refractivity contribution in [3.8, 4) is 16.9 Å². The van der Waals surface area contributed by atoms with Crippen molar-refractivity contribution < 1.29 is 18.7 Å². The van der Waals surface area contributed by atoms with Gasteiger partial charge in [-0.15, -0.1) is 0 Å². The van der Waals surface area contributed by atoms with E-state index in [-0.39, 0.29) is 17.0 Å². The second kappa shape index (κ2) is 9.14. The lowest BCUT2D eigenvalue weighted by atomic mass is 10.0. The molecule has 0 atom stereocenters. The third-order valence-electron chi connectivity index (χ3n) is 6.11. The standard InChI is InChI=1S/C29H25NO5/c1-17(2)10-11-18-6-5-7-20(14-18)28(32)30-26-27(31)22-13-12-19(15-25(22)35-29(26)33)23-16-34-24-9-4-3-8-21(23)24/h3-9,12-17,31H,10-11H2,1-2H3,(H,30,32). The number of rotatable bonds is 6. The van der Waals surface area contributed by atoms with Gasteiger partial charge in [0.1, 0.15) is 11.2 Å². The van der Waals surface area contributed by atoms with E-state index in [1.165, 1.54) is 0 Å². The quantitative estimate of drug-likeness (QED) is 0.269. The molecule has 0 unspecified atom stereocenters. The number of aryl methyl sites for hydroxylation is 1. The fourth-order valence-corrected chi connectivity index (χ4v) is 4.17. The molecule has 3 aromatic carbocycles. The zero-order valence-corrected chi connectivity index (χ0v) is 19.5. The zero-order valence-electron chi connectivity index (χ0n) is 19.5. The number of benzene rings is 3. The summed E-state index contributed by atoms with van der Waals surface area (Å²) < 4.78 is 11.1. The second-order valence-electron chi connectivity index (χ2n) is 9.06. The maximum absolute atomic E-state index is 12.9. The second-order valence-corrected chi connectivity index (χ2v) is 9.06. The van der Waals surface area contributed by atoms with Crippen LogP contribution in [0.5, 0.6) is 5.75 Å². The monoisotopic (exact) mass is 467 g/mol. The first kappa shape index (κ1) is 22.5. The molecule has 0 aliphatic carbocycles. The summed E-state index contributed by atoms with van der Waals surface area (Å²) in [6, 6.07) is 20.1. The van der Waals surface area contributed by atoms with Gasteiger partial charge in [-0.25, -0.2) is 4.79 Å². The SMILES string of the molecule is CC(C)CCc1cccc(C(=O)Nc2c(O)c3ccc(-c4coc5ccccc45)cc3oc2=O)c1. The Labute approximate surface area is 201 Å². The first-order chi connectivity index (χ1) is 16.9. The maximum atomic E-state index is 12.9. The van der Waals surface area contributed by atoms with Gasteiger partial charge < -0.3 is 19.3 Å². The number of carbonyl (C=O) groups is 1. The topological polar surface area (TPSA) is 92.7 Å². The summed E-state index contributed by atoms with van der Waals surface area (Å²) in [5.74, 6) is -0.261. The average Bonchev–Trinajstić information content (AvgIpc) is 3.29. The van der Waals surface area contributed by atoms with Crippen LogP contribution in [0.3, 0.4) is 0 Å². The average molecular weight is 468 g/mol. The zero-order chi connectivity index (χ0) is 24.5. The Morgan fingerprint density at radius 1 is 0.971 bits per heavy atom. The van der Waals surface area contributed by atoms with Crippen molar-refractivity contribution in [2.24, 2.45) is 5.92 Å². The Balaban J connectivity index is 1.46. The summed E-state index contributed by atoms with van der Waals surface area (Å²) in [6.07, 6.45) is 3.51. The van der Waals surface area contributed by atoms with Crippen LogP contribution in [0.4, 0.5) is 5.69 Å². The Morgan fingerprint density at radius 3 is 2.63 bits per heavy atom. The third-order valence-corrected chi connectivity index (χ3v) is 6.11. The minimum atomic E-state index is -0.825. The summed E-state index contributed by atoms with van der Waals surface area (Å²) in [7, 11) is 0. The summed E-state index contributed by atoms with van der Waals surface area (Å²) in [5, 5.41) is 14.6. The molecule has 6 nitrogen and oxygen atoms in total. The lowest BCUT2D eigenvalue weighted by Gasteiger charge is -2.10. The number of fused-ring (bicyclic) bond motifs is 2. The predicted molar refractivity (Wildman–Crippen MR) is 137 cm³/mol.